The number of methoxy groups -OCH3 is 2. The lowest BCUT2D eigenvalue weighted by Gasteiger charge is -2.35. The fraction of sp³-hybridized carbons (Fsp3) is 0.432. The Morgan fingerprint density at radius 3 is 2.05 bits per heavy atom. The number of aromatic nitrogens is 1. The van der Waals surface area contributed by atoms with Crippen LogP contribution >= 0.6 is 0 Å². The predicted octanol–water partition coefficient (Wildman–Crippen LogP) is 11.7. The molecule has 4 aromatic rings. The minimum atomic E-state index is -4.58. The third-order valence-corrected chi connectivity index (χ3v) is 8.81. The first-order valence-electron chi connectivity index (χ1n) is 19.8. The summed E-state index contributed by atoms with van der Waals surface area (Å²) in [5, 5.41) is 9.04. The lowest BCUT2D eigenvalue weighted by molar-refractivity contribution is -0.137. The minimum absolute atomic E-state index is 0.0266. The summed E-state index contributed by atoms with van der Waals surface area (Å²) in [5.74, 6) is 1.97. The van der Waals surface area contributed by atoms with Gasteiger partial charge in [0.2, 0.25) is 0 Å². The first-order valence-corrected chi connectivity index (χ1v) is 19.8. The number of benzene rings is 3. The Balaban J connectivity index is 0.000000691. The van der Waals surface area contributed by atoms with Crippen LogP contribution in [0.1, 0.15) is 85.6 Å². The van der Waals surface area contributed by atoms with Gasteiger partial charge in [0.05, 0.1) is 25.3 Å². The van der Waals surface area contributed by atoms with Crippen LogP contribution in [-0.2, 0) is 11.0 Å². The van der Waals surface area contributed by atoms with Crippen molar-refractivity contribution in [1.82, 2.24) is 10.3 Å². The Bertz CT molecular complexity index is 1860. The highest BCUT2D eigenvalue weighted by Crippen LogP contribution is 2.40. The highest BCUT2D eigenvalue weighted by Gasteiger charge is 2.36. The van der Waals surface area contributed by atoms with Crippen molar-refractivity contribution < 1.29 is 37.0 Å². The molecule has 0 radical (unpaired) electrons. The van der Waals surface area contributed by atoms with Gasteiger partial charge >= 0.3 is 12.2 Å². The van der Waals surface area contributed by atoms with Crippen molar-refractivity contribution in [3.8, 4) is 23.0 Å². The van der Waals surface area contributed by atoms with Crippen LogP contribution in [0.4, 0.5) is 35.0 Å². The number of rotatable bonds is 9. The molecule has 0 spiro atoms. The monoisotopic (exact) mass is 795 g/mol. The number of fused-ring (bicyclic) bond motifs is 1. The largest absolute Gasteiger partial charge is 0.493 e. The van der Waals surface area contributed by atoms with Gasteiger partial charge in [0.25, 0.3) is 0 Å². The molecule has 0 unspecified atom stereocenters. The number of hydrogen-bond donors (Lipinski definition) is 3. The molecule has 6 rings (SSSR count). The van der Waals surface area contributed by atoms with Gasteiger partial charge in [0.1, 0.15) is 17.8 Å². The average Bonchev–Trinajstić information content (AvgIpc) is 3.25. The topological polar surface area (TPSA) is 114 Å². The van der Waals surface area contributed by atoms with Gasteiger partial charge in [-0.1, -0.05) is 53.7 Å². The molecule has 10 nitrogen and oxygen atoms in total. The molecule has 13 heteroatoms. The maximum atomic E-state index is 14.0. The summed E-state index contributed by atoms with van der Waals surface area (Å²) >= 11 is 0. The zero-order chi connectivity index (χ0) is 42.4. The van der Waals surface area contributed by atoms with E-state index >= 15 is 0 Å². The van der Waals surface area contributed by atoms with Crippen molar-refractivity contribution in [2.24, 2.45) is 0 Å². The molecule has 0 bridgehead atoms. The van der Waals surface area contributed by atoms with Gasteiger partial charge in [-0.15, -0.1) is 0 Å². The summed E-state index contributed by atoms with van der Waals surface area (Å²) in [6, 6.07) is 15.3. The molecule has 3 aromatic carbocycles. The number of nitrogens with one attached hydrogen (secondary N) is 3. The molecule has 1 aromatic heterocycles. The standard InChI is InChI=1S/C31H32F3N5O4.C7H10O.3C2H6/c1-35-19-10-13-39(14-11-19)26-8-7-21(16-24(26)31(32,33)34)38-30(40)37-20-5-4-6-22(15-20)43-27-9-12-36-25-18-29(42-3)28(41-2)17-23(25)27;8-6-7-4-2-1-3-5-7;3*1-2/h4-9,12,15-19,35H,10-11,13-14H2,1-3H3,(H2,37,38,40);4,6H,1-3,5H2;3*1-2H3. The van der Waals surface area contributed by atoms with E-state index in [2.05, 4.69) is 20.9 Å². The Morgan fingerprint density at radius 1 is 0.842 bits per heavy atom. The molecule has 2 amide bonds. The molecule has 1 fully saturated rings. The van der Waals surface area contributed by atoms with Crippen molar-refractivity contribution in [3.05, 3.63) is 84.1 Å². The first-order chi connectivity index (χ1) is 27.6. The number of ether oxygens (including phenoxy) is 3. The molecular weight excluding hydrogens is 736 g/mol. The van der Waals surface area contributed by atoms with Crippen LogP contribution in [0.25, 0.3) is 10.9 Å². The van der Waals surface area contributed by atoms with Gasteiger partial charge in [-0.25, -0.2) is 4.79 Å². The van der Waals surface area contributed by atoms with Crippen molar-refractivity contribution in [2.45, 2.75) is 92.3 Å². The Morgan fingerprint density at radius 2 is 1.49 bits per heavy atom. The average molecular weight is 796 g/mol. The molecule has 1 aliphatic heterocycles. The number of allylic oxidation sites excluding steroid dienone is 2. The smallest absolute Gasteiger partial charge is 0.418 e. The summed E-state index contributed by atoms with van der Waals surface area (Å²) in [6.45, 7) is 13.0. The van der Waals surface area contributed by atoms with Crippen LogP contribution < -0.4 is 35.1 Å². The molecular formula is C44H60F3N5O5. The minimum Gasteiger partial charge on any atom is -0.493 e. The number of carbonyl (C=O) groups is 2. The Kier molecular flexibility index (Phi) is 21.0. The van der Waals surface area contributed by atoms with E-state index in [0.29, 0.717) is 52.7 Å². The lowest BCUT2D eigenvalue weighted by Crippen LogP contribution is -2.41. The van der Waals surface area contributed by atoms with Crippen LogP contribution in [0.15, 0.2) is 78.5 Å². The summed E-state index contributed by atoms with van der Waals surface area (Å²) in [4.78, 5) is 29.0. The third kappa shape index (κ3) is 14.3. The Labute approximate surface area is 336 Å². The van der Waals surface area contributed by atoms with Crippen molar-refractivity contribution in [1.29, 1.82) is 0 Å². The zero-order valence-electron chi connectivity index (χ0n) is 34.8. The molecule has 57 heavy (non-hydrogen) atoms. The van der Waals surface area contributed by atoms with Crippen LogP contribution in [0.3, 0.4) is 0 Å². The van der Waals surface area contributed by atoms with Gasteiger partial charge in [-0.2, -0.15) is 13.2 Å². The number of nitrogens with zero attached hydrogens (tertiary/aromatic N) is 2. The summed E-state index contributed by atoms with van der Waals surface area (Å²) < 4.78 is 58.9. The second kappa shape index (κ2) is 25.1. The van der Waals surface area contributed by atoms with Crippen LogP contribution in [-0.4, -0.2) is 57.7 Å². The summed E-state index contributed by atoms with van der Waals surface area (Å²) in [5.41, 5.74) is 1.36. The van der Waals surface area contributed by atoms with Crippen LogP contribution in [0.5, 0.6) is 23.0 Å². The van der Waals surface area contributed by atoms with E-state index in [0.717, 1.165) is 43.6 Å². The maximum absolute atomic E-state index is 14.0. The quantitative estimate of drug-likeness (QED) is 0.144. The number of amides is 2. The fourth-order valence-electron chi connectivity index (χ4n) is 6.09. The highest BCUT2D eigenvalue weighted by molar-refractivity contribution is 6.00. The second-order valence-electron chi connectivity index (χ2n) is 12.2. The van der Waals surface area contributed by atoms with Gasteiger partial charge < -0.3 is 35.1 Å². The van der Waals surface area contributed by atoms with Gasteiger partial charge in [0.15, 0.2) is 11.5 Å². The fourth-order valence-corrected chi connectivity index (χ4v) is 6.09. The summed E-state index contributed by atoms with van der Waals surface area (Å²) in [7, 11) is 4.93. The molecule has 0 saturated carbocycles. The van der Waals surface area contributed by atoms with E-state index in [1.807, 2.05) is 54.7 Å². The number of anilines is 3. The lowest BCUT2D eigenvalue weighted by atomic mass is 10.0. The van der Waals surface area contributed by atoms with Gasteiger partial charge in [0, 0.05) is 59.9 Å². The number of pyridine rings is 1. The van der Waals surface area contributed by atoms with Crippen LogP contribution in [0, 0.1) is 0 Å². The highest BCUT2D eigenvalue weighted by atomic mass is 19.4. The normalized spacial score (nSPS) is 13.6. The molecule has 1 aliphatic carbocycles. The van der Waals surface area contributed by atoms with E-state index in [1.54, 1.807) is 53.6 Å². The predicted molar refractivity (Wildman–Crippen MR) is 226 cm³/mol. The van der Waals surface area contributed by atoms with Gasteiger partial charge in [-0.05, 0) is 93.6 Å². The van der Waals surface area contributed by atoms with Crippen molar-refractivity contribution in [2.75, 3.05) is 49.9 Å². The molecule has 2 heterocycles. The zero-order valence-corrected chi connectivity index (χ0v) is 34.8. The van der Waals surface area contributed by atoms with Gasteiger partial charge in [-0.3, -0.25) is 9.78 Å². The first kappa shape index (κ1) is 47.9. The van der Waals surface area contributed by atoms with E-state index < -0.39 is 17.8 Å². The van der Waals surface area contributed by atoms with E-state index in [4.69, 9.17) is 14.2 Å². The SMILES string of the molecule is CC.CC.CC.CNC1CCN(c2ccc(NC(=O)Nc3cccc(Oc4ccnc5cc(OC)c(OC)cc45)c3)cc2C(F)(F)F)CC1.O=CC1=CCCCC1. The third-order valence-electron chi connectivity index (χ3n) is 8.81. The second-order valence-corrected chi connectivity index (χ2v) is 12.2. The molecule has 3 N–H and O–H groups in total. The Hall–Kier alpha value is -5.30. The summed E-state index contributed by atoms with van der Waals surface area (Å²) in [6.07, 6.45) is 6.10. The van der Waals surface area contributed by atoms with Crippen molar-refractivity contribution >= 4 is 40.3 Å². The number of urea groups is 1. The number of alkyl halides is 3. The van der Waals surface area contributed by atoms with E-state index in [1.165, 1.54) is 39.2 Å². The number of aldehydes is 1. The van der Waals surface area contributed by atoms with Crippen LogP contribution in [0.2, 0.25) is 0 Å². The van der Waals surface area contributed by atoms with E-state index in [-0.39, 0.29) is 17.4 Å². The molecule has 1 saturated heterocycles. The number of piperidine rings is 1. The number of carbonyl (C=O) groups excluding carboxylic acids is 2. The maximum Gasteiger partial charge on any atom is 0.418 e. The number of hydrogen-bond acceptors (Lipinski definition) is 8. The molecule has 2 aliphatic rings. The number of halogens is 3. The van der Waals surface area contributed by atoms with Crippen molar-refractivity contribution in [3.63, 3.8) is 0 Å². The molecule has 0 atom stereocenters. The van der Waals surface area contributed by atoms with E-state index in [9.17, 15) is 22.8 Å². The molecule has 312 valence electrons.